The van der Waals surface area contributed by atoms with Crippen molar-refractivity contribution in [2.75, 3.05) is 0 Å². The number of ether oxygens (including phenoxy) is 1. The minimum atomic E-state index is -0.238. The highest BCUT2D eigenvalue weighted by Crippen LogP contribution is 2.40. The van der Waals surface area contributed by atoms with E-state index in [4.69, 9.17) is 22.1 Å². The molecule has 4 aromatic rings. The zero-order valence-corrected chi connectivity index (χ0v) is 24.8. The molecule has 1 atom stereocenters. The second-order valence-corrected chi connectivity index (χ2v) is 12.2. The first-order valence-corrected chi connectivity index (χ1v) is 15.6. The number of rotatable bonds is 5. The smallest absolute Gasteiger partial charge is 0.218 e. The zero-order chi connectivity index (χ0) is 28.9. The minimum absolute atomic E-state index is 0.238. The summed E-state index contributed by atoms with van der Waals surface area (Å²) >= 11 is 7.58. The van der Waals surface area contributed by atoms with Crippen LogP contribution in [0.15, 0.2) is 109 Å². The lowest BCUT2D eigenvalue weighted by Crippen LogP contribution is -2.16. The topological polar surface area (TPSA) is 52.3 Å². The lowest BCUT2D eigenvalue weighted by molar-refractivity contribution is -0.117. The molecule has 210 valence electrons. The van der Waals surface area contributed by atoms with Crippen LogP contribution in [0.4, 0.5) is 0 Å². The molecule has 1 heterocycles. The van der Waals surface area contributed by atoms with E-state index in [0.717, 1.165) is 37.2 Å². The third-order valence-electron chi connectivity index (χ3n) is 7.84. The van der Waals surface area contributed by atoms with Gasteiger partial charge in [-0.2, -0.15) is 0 Å². The van der Waals surface area contributed by atoms with E-state index in [1.807, 2.05) is 60.0 Å². The van der Waals surface area contributed by atoms with Crippen molar-refractivity contribution in [1.29, 1.82) is 0 Å². The average molecular weight is 590 g/mol. The van der Waals surface area contributed by atoms with Crippen LogP contribution in [0.2, 0.25) is 5.02 Å². The number of carbonyl (C=O) groups excluding carboxylic acids is 1. The van der Waals surface area contributed by atoms with Crippen molar-refractivity contribution in [3.63, 3.8) is 0 Å². The number of hydrogen-bond acceptors (Lipinski definition) is 3. The van der Waals surface area contributed by atoms with Crippen molar-refractivity contribution in [3.8, 4) is 22.6 Å². The molecule has 0 fully saturated rings. The third-order valence-corrected chi connectivity index (χ3v) is 9.08. The van der Waals surface area contributed by atoms with Gasteiger partial charge in [-0.15, -0.1) is 11.8 Å². The van der Waals surface area contributed by atoms with Gasteiger partial charge in [0.25, 0.3) is 0 Å². The molecule has 0 saturated heterocycles. The van der Waals surface area contributed by atoms with Gasteiger partial charge in [-0.25, -0.2) is 0 Å². The molecule has 1 unspecified atom stereocenters. The molecule has 0 radical (unpaired) electrons. The summed E-state index contributed by atoms with van der Waals surface area (Å²) in [7, 11) is 0. The normalized spacial score (nSPS) is 16.2. The lowest BCUT2D eigenvalue weighted by atomic mass is 9.78. The largest absolute Gasteiger partial charge is 0.457 e. The van der Waals surface area contributed by atoms with E-state index in [1.165, 1.54) is 33.4 Å². The maximum absolute atomic E-state index is 10.4. The number of aryl methyl sites for hydroxylation is 1. The number of benzene rings is 4. The Kier molecular flexibility index (Phi) is 8.64. The molecule has 2 aliphatic carbocycles. The summed E-state index contributed by atoms with van der Waals surface area (Å²) in [6, 6.07) is 29.4. The number of thioether (sulfide) groups is 1. The van der Waals surface area contributed by atoms with E-state index in [-0.39, 0.29) is 11.2 Å². The first kappa shape index (κ1) is 28.1. The first-order valence-electron chi connectivity index (χ1n) is 14.3. The molecule has 4 aromatic carbocycles. The van der Waals surface area contributed by atoms with Gasteiger partial charge < -0.3 is 10.5 Å². The van der Waals surface area contributed by atoms with Gasteiger partial charge in [0.2, 0.25) is 5.91 Å². The van der Waals surface area contributed by atoms with Gasteiger partial charge in [0, 0.05) is 16.7 Å². The molecule has 0 bridgehead atoms. The van der Waals surface area contributed by atoms with Crippen molar-refractivity contribution in [3.05, 3.63) is 141 Å². The van der Waals surface area contributed by atoms with Crippen LogP contribution in [0.1, 0.15) is 40.7 Å². The van der Waals surface area contributed by atoms with Crippen LogP contribution in [0.3, 0.4) is 0 Å². The van der Waals surface area contributed by atoms with E-state index in [9.17, 15) is 4.79 Å². The number of primary amides is 1. The van der Waals surface area contributed by atoms with Crippen LogP contribution in [0, 0.1) is 0 Å². The van der Waals surface area contributed by atoms with Gasteiger partial charge in [0.1, 0.15) is 11.5 Å². The van der Waals surface area contributed by atoms with Crippen LogP contribution in [0.25, 0.3) is 22.8 Å². The number of nitrogens with two attached hydrogens (primary N) is 1. The standard InChI is InChI=1S/C30H23ClO.C7H9NOS/c31-24-10-14-26(15-11-24)32-25-12-5-20(6-13-25)22-8-16-28-23(19-22)9-18-29-27-4-2-1-3-21(27)7-17-30(28)29;8-7(9)5-6-3-1-2-4-10-6/h1-6,9-15,18-19H,7-8,16-17H2;1-4,6H,5H2,(H2,8,9). The Balaban J connectivity index is 0.000000269. The number of halogens is 1. The summed E-state index contributed by atoms with van der Waals surface area (Å²) in [5, 5.41) is 2.93. The fourth-order valence-electron chi connectivity index (χ4n) is 5.80. The predicted octanol–water partition coefficient (Wildman–Crippen LogP) is 9.43. The summed E-state index contributed by atoms with van der Waals surface area (Å²) in [6.45, 7) is 0. The Hall–Kier alpha value is -3.99. The molecule has 42 heavy (non-hydrogen) atoms. The summed E-state index contributed by atoms with van der Waals surface area (Å²) < 4.78 is 5.94. The predicted molar refractivity (Wildman–Crippen MR) is 177 cm³/mol. The Bertz CT molecular complexity index is 1690. The minimum Gasteiger partial charge on any atom is -0.457 e. The van der Waals surface area contributed by atoms with Crippen LogP contribution in [0.5, 0.6) is 11.5 Å². The zero-order valence-electron chi connectivity index (χ0n) is 23.3. The van der Waals surface area contributed by atoms with Gasteiger partial charge >= 0.3 is 0 Å². The average Bonchev–Trinajstić information content (AvgIpc) is 3.02. The Labute approximate surface area is 256 Å². The van der Waals surface area contributed by atoms with Crippen molar-refractivity contribution in [1.82, 2.24) is 0 Å². The lowest BCUT2D eigenvalue weighted by Gasteiger charge is -2.26. The molecular weight excluding hydrogens is 558 g/mol. The Morgan fingerprint density at radius 2 is 1.55 bits per heavy atom. The van der Waals surface area contributed by atoms with Crippen LogP contribution >= 0.6 is 23.4 Å². The summed E-state index contributed by atoms with van der Waals surface area (Å²) in [5.74, 6) is 1.39. The quantitative estimate of drug-likeness (QED) is 0.252. The third kappa shape index (κ3) is 6.56. The van der Waals surface area contributed by atoms with Gasteiger partial charge in [-0.1, -0.05) is 84.4 Å². The maximum atomic E-state index is 10.4. The molecule has 3 aliphatic rings. The maximum Gasteiger partial charge on any atom is 0.218 e. The molecule has 5 heteroatoms. The van der Waals surface area contributed by atoms with Crippen LogP contribution in [-0.2, 0) is 24.1 Å². The van der Waals surface area contributed by atoms with Crippen LogP contribution < -0.4 is 10.5 Å². The van der Waals surface area contributed by atoms with Crippen molar-refractivity contribution < 1.29 is 9.53 Å². The first-order chi connectivity index (χ1) is 20.5. The molecule has 0 spiro atoms. The van der Waals surface area contributed by atoms with E-state index < -0.39 is 0 Å². The number of fused-ring (bicyclic) bond motifs is 5. The van der Waals surface area contributed by atoms with Crippen molar-refractivity contribution in [2.45, 2.75) is 37.4 Å². The highest BCUT2D eigenvalue weighted by atomic mass is 35.5. The number of carbonyl (C=O) groups is 1. The summed E-state index contributed by atoms with van der Waals surface area (Å²) in [6.07, 6.45) is 13.2. The highest BCUT2D eigenvalue weighted by molar-refractivity contribution is 8.02. The summed E-state index contributed by atoms with van der Waals surface area (Å²) in [4.78, 5) is 10.4. The van der Waals surface area contributed by atoms with E-state index in [1.54, 1.807) is 22.9 Å². The monoisotopic (exact) mass is 589 g/mol. The second-order valence-electron chi connectivity index (χ2n) is 10.6. The molecule has 1 amide bonds. The molecule has 0 saturated carbocycles. The highest BCUT2D eigenvalue weighted by Gasteiger charge is 2.22. The van der Waals surface area contributed by atoms with Crippen LogP contribution in [-0.4, -0.2) is 11.2 Å². The van der Waals surface area contributed by atoms with Crippen molar-refractivity contribution >= 4 is 40.9 Å². The van der Waals surface area contributed by atoms with E-state index in [2.05, 4.69) is 54.6 Å². The fourth-order valence-corrected chi connectivity index (χ4v) is 6.75. The molecule has 2 N–H and O–H groups in total. The fraction of sp³-hybridized carbons (Fsp3) is 0.162. The number of amides is 1. The van der Waals surface area contributed by atoms with Crippen molar-refractivity contribution in [2.24, 2.45) is 5.73 Å². The molecule has 1 aliphatic heterocycles. The van der Waals surface area contributed by atoms with E-state index in [0.29, 0.717) is 11.4 Å². The molecule has 0 aromatic heterocycles. The molecule has 3 nitrogen and oxygen atoms in total. The molecular formula is C37H32ClNO2S. The molecule has 7 rings (SSSR count). The van der Waals surface area contributed by atoms with Gasteiger partial charge in [0.15, 0.2) is 0 Å². The van der Waals surface area contributed by atoms with E-state index >= 15 is 0 Å². The number of allylic oxidation sites excluding steroid dienone is 3. The number of hydrogen-bond donors (Lipinski definition) is 1. The SMILES string of the molecule is Clc1ccc(Oc2ccc(C3=Cc4ccc5c(c4CC3)CCc3ccccc3-5)cc2)cc1.NC(=O)CC1C=CC=CS1. The van der Waals surface area contributed by atoms with Gasteiger partial charge in [0.05, 0.1) is 0 Å². The van der Waals surface area contributed by atoms with Gasteiger partial charge in [-0.05, 0) is 112 Å². The van der Waals surface area contributed by atoms with Gasteiger partial charge in [-0.3, -0.25) is 4.79 Å². The second kappa shape index (κ2) is 12.9. The Morgan fingerprint density at radius 3 is 2.29 bits per heavy atom. The Morgan fingerprint density at radius 1 is 0.810 bits per heavy atom. The summed E-state index contributed by atoms with van der Waals surface area (Å²) in [5.41, 5.74) is 16.5.